The van der Waals surface area contributed by atoms with Crippen LogP contribution in [0, 0.1) is 12.7 Å². The third kappa shape index (κ3) is 4.08. The van der Waals surface area contributed by atoms with Crippen molar-refractivity contribution in [2.75, 3.05) is 5.73 Å². The van der Waals surface area contributed by atoms with Crippen LogP contribution in [0.25, 0.3) is 0 Å². The van der Waals surface area contributed by atoms with E-state index in [2.05, 4.69) is 4.98 Å². The number of hydrogen-bond donors (Lipinski definition) is 1. The number of anilines is 1. The van der Waals surface area contributed by atoms with Gasteiger partial charge in [-0.15, -0.1) is 0 Å². The average molecular weight is 290 g/mol. The van der Waals surface area contributed by atoms with Crippen LogP contribution in [0.1, 0.15) is 26.3 Å². The van der Waals surface area contributed by atoms with Crippen molar-refractivity contribution in [3.63, 3.8) is 0 Å². The van der Waals surface area contributed by atoms with Crippen LogP contribution in [0.3, 0.4) is 0 Å². The molecule has 0 atom stereocenters. The number of benzene rings is 1. The summed E-state index contributed by atoms with van der Waals surface area (Å²) in [7, 11) is 0. The standard InChI is InChI=1S/C16H19FN2O2/c1-10-5-6-11(17)9-13(10)20-14-8-7-12(18)15(19-14)21-16(2,3)4/h5-9H,18H2,1-4H3. The minimum Gasteiger partial charge on any atom is -0.470 e. The molecule has 1 aromatic carbocycles. The Hall–Kier alpha value is -2.30. The van der Waals surface area contributed by atoms with E-state index in [1.807, 2.05) is 27.7 Å². The summed E-state index contributed by atoms with van der Waals surface area (Å²) in [5.74, 6) is 0.650. The van der Waals surface area contributed by atoms with Crippen molar-refractivity contribution < 1.29 is 13.9 Å². The van der Waals surface area contributed by atoms with Gasteiger partial charge in [0.15, 0.2) is 0 Å². The quantitative estimate of drug-likeness (QED) is 0.925. The fourth-order valence-electron chi connectivity index (χ4n) is 1.66. The molecule has 2 N–H and O–H groups in total. The number of hydrogen-bond acceptors (Lipinski definition) is 4. The zero-order valence-corrected chi connectivity index (χ0v) is 12.6. The number of nitrogen functional groups attached to an aromatic ring is 1. The number of nitrogens with two attached hydrogens (primary N) is 1. The molecule has 2 rings (SSSR count). The van der Waals surface area contributed by atoms with E-state index in [1.165, 1.54) is 12.1 Å². The largest absolute Gasteiger partial charge is 0.470 e. The highest BCUT2D eigenvalue weighted by Crippen LogP contribution is 2.29. The molecule has 0 bridgehead atoms. The molecular weight excluding hydrogens is 271 g/mol. The van der Waals surface area contributed by atoms with Crippen molar-refractivity contribution in [2.24, 2.45) is 0 Å². The predicted octanol–water partition coefficient (Wildman–Crippen LogP) is 4.08. The monoisotopic (exact) mass is 290 g/mol. The minimum atomic E-state index is -0.422. The first-order chi connectivity index (χ1) is 9.74. The third-order valence-corrected chi connectivity index (χ3v) is 2.63. The molecule has 0 fully saturated rings. The zero-order valence-electron chi connectivity index (χ0n) is 12.6. The molecule has 2 aromatic rings. The molecule has 1 heterocycles. The Bertz CT molecular complexity index is 651. The van der Waals surface area contributed by atoms with Crippen molar-refractivity contribution in [2.45, 2.75) is 33.3 Å². The van der Waals surface area contributed by atoms with E-state index in [0.717, 1.165) is 5.56 Å². The fraction of sp³-hybridized carbons (Fsp3) is 0.312. The van der Waals surface area contributed by atoms with E-state index in [-0.39, 0.29) is 5.82 Å². The summed E-state index contributed by atoms with van der Waals surface area (Å²) in [5.41, 5.74) is 6.66. The van der Waals surface area contributed by atoms with E-state index in [4.69, 9.17) is 15.2 Å². The number of nitrogens with zero attached hydrogens (tertiary/aromatic N) is 1. The Morgan fingerprint density at radius 3 is 2.52 bits per heavy atom. The average Bonchev–Trinajstić information content (AvgIpc) is 2.36. The van der Waals surface area contributed by atoms with Gasteiger partial charge in [0, 0.05) is 12.1 Å². The van der Waals surface area contributed by atoms with Crippen molar-refractivity contribution in [3.8, 4) is 17.5 Å². The molecule has 0 aliphatic carbocycles. The van der Waals surface area contributed by atoms with Gasteiger partial charge in [-0.2, -0.15) is 4.98 Å². The van der Waals surface area contributed by atoms with Crippen LogP contribution in [0.5, 0.6) is 17.5 Å². The molecule has 0 amide bonds. The molecule has 21 heavy (non-hydrogen) atoms. The van der Waals surface area contributed by atoms with Crippen LogP contribution in [0.4, 0.5) is 10.1 Å². The molecule has 0 saturated carbocycles. The predicted molar refractivity (Wildman–Crippen MR) is 80.2 cm³/mol. The lowest BCUT2D eigenvalue weighted by Gasteiger charge is -2.21. The van der Waals surface area contributed by atoms with Crippen LogP contribution in [0.2, 0.25) is 0 Å². The first-order valence-electron chi connectivity index (χ1n) is 6.64. The molecule has 112 valence electrons. The number of halogens is 1. The minimum absolute atomic E-state index is 0.300. The molecule has 0 spiro atoms. The normalized spacial score (nSPS) is 11.3. The van der Waals surface area contributed by atoms with Gasteiger partial charge in [0.25, 0.3) is 0 Å². The number of pyridine rings is 1. The maximum Gasteiger partial charge on any atom is 0.241 e. The van der Waals surface area contributed by atoms with E-state index < -0.39 is 5.60 Å². The summed E-state index contributed by atoms with van der Waals surface area (Å²) in [6.45, 7) is 7.54. The van der Waals surface area contributed by atoms with Gasteiger partial charge in [0.1, 0.15) is 17.2 Å². The molecule has 0 unspecified atom stereocenters. The van der Waals surface area contributed by atoms with Crippen molar-refractivity contribution >= 4 is 5.69 Å². The SMILES string of the molecule is Cc1ccc(F)cc1Oc1ccc(N)c(OC(C)(C)C)n1. The molecule has 0 saturated heterocycles. The highest BCUT2D eigenvalue weighted by Gasteiger charge is 2.16. The first kappa shape index (κ1) is 15.1. The maximum atomic E-state index is 13.3. The van der Waals surface area contributed by atoms with Crippen molar-refractivity contribution in [1.29, 1.82) is 0 Å². The smallest absolute Gasteiger partial charge is 0.241 e. The molecule has 4 nitrogen and oxygen atoms in total. The van der Waals surface area contributed by atoms with Crippen LogP contribution < -0.4 is 15.2 Å². The Morgan fingerprint density at radius 1 is 1.14 bits per heavy atom. The van der Waals surface area contributed by atoms with Gasteiger partial charge in [-0.05, 0) is 45.4 Å². The number of aromatic nitrogens is 1. The molecule has 1 aromatic heterocycles. The maximum absolute atomic E-state index is 13.3. The van der Waals surface area contributed by atoms with Crippen LogP contribution >= 0.6 is 0 Å². The van der Waals surface area contributed by atoms with Gasteiger partial charge in [-0.25, -0.2) is 4.39 Å². The number of ether oxygens (including phenoxy) is 2. The van der Waals surface area contributed by atoms with Crippen molar-refractivity contribution in [1.82, 2.24) is 4.98 Å². The van der Waals surface area contributed by atoms with E-state index in [1.54, 1.807) is 18.2 Å². The zero-order chi connectivity index (χ0) is 15.6. The highest BCUT2D eigenvalue weighted by molar-refractivity contribution is 5.50. The number of aryl methyl sites for hydroxylation is 1. The lowest BCUT2D eigenvalue weighted by molar-refractivity contribution is 0.124. The summed E-state index contributed by atoms with van der Waals surface area (Å²) in [6.07, 6.45) is 0. The highest BCUT2D eigenvalue weighted by atomic mass is 19.1. The second kappa shape index (κ2) is 5.60. The second-order valence-electron chi connectivity index (χ2n) is 5.77. The Labute approximate surface area is 123 Å². The van der Waals surface area contributed by atoms with Gasteiger partial charge in [0.05, 0.1) is 5.69 Å². The molecular formula is C16H19FN2O2. The lowest BCUT2D eigenvalue weighted by Crippen LogP contribution is -2.24. The summed E-state index contributed by atoms with van der Waals surface area (Å²) in [6, 6.07) is 7.62. The van der Waals surface area contributed by atoms with E-state index in [0.29, 0.717) is 23.2 Å². The second-order valence-corrected chi connectivity index (χ2v) is 5.77. The van der Waals surface area contributed by atoms with Crippen molar-refractivity contribution in [3.05, 3.63) is 41.7 Å². The van der Waals surface area contributed by atoms with Crippen LogP contribution in [-0.4, -0.2) is 10.6 Å². The number of rotatable bonds is 3. The summed E-state index contributed by atoms with van der Waals surface area (Å²) >= 11 is 0. The summed E-state index contributed by atoms with van der Waals surface area (Å²) in [4.78, 5) is 4.23. The van der Waals surface area contributed by atoms with Gasteiger partial charge >= 0.3 is 0 Å². The Kier molecular flexibility index (Phi) is 4.02. The summed E-state index contributed by atoms with van der Waals surface area (Å²) in [5, 5.41) is 0. The van der Waals surface area contributed by atoms with Gasteiger partial charge in [-0.1, -0.05) is 6.07 Å². The lowest BCUT2D eigenvalue weighted by atomic mass is 10.2. The Morgan fingerprint density at radius 2 is 1.86 bits per heavy atom. The topological polar surface area (TPSA) is 57.4 Å². The van der Waals surface area contributed by atoms with Gasteiger partial charge in [0.2, 0.25) is 11.8 Å². The Balaban J connectivity index is 2.29. The van der Waals surface area contributed by atoms with Gasteiger partial charge in [-0.3, -0.25) is 0 Å². The van der Waals surface area contributed by atoms with E-state index >= 15 is 0 Å². The molecule has 0 radical (unpaired) electrons. The van der Waals surface area contributed by atoms with E-state index in [9.17, 15) is 4.39 Å². The van der Waals surface area contributed by atoms with Gasteiger partial charge < -0.3 is 15.2 Å². The van der Waals surface area contributed by atoms with Crippen LogP contribution in [-0.2, 0) is 0 Å². The first-order valence-corrected chi connectivity index (χ1v) is 6.64. The fourth-order valence-corrected chi connectivity index (χ4v) is 1.66. The summed E-state index contributed by atoms with van der Waals surface area (Å²) < 4.78 is 24.6. The molecule has 5 heteroatoms. The molecule has 0 aliphatic heterocycles. The third-order valence-electron chi connectivity index (χ3n) is 2.63. The van der Waals surface area contributed by atoms with Crippen LogP contribution in [0.15, 0.2) is 30.3 Å². The molecule has 0 aliphatic rings.